The van der Waals surface area contributed by atoms with Gasteiger partial charge < -0.3 is 33.7 Å². The first kappa shape index (κ1) is 39.4. The zero-order valence-electron chi connectivity index (χ0n) is 32.2. The fourth-order valence-corrected chi connectivity index (χ4v) is 6.78. The van der Waals surface area contributed by atoms with Gasteiger partial charge in [-0.1, -0.05) is 93.9 Å². The Morgan fingerprint density at radius 1 is 0.909 bits per heavy atom. The molecule has 1 fully saturated rings. The number of ether oxygens (including phenoxy) is 5. The van der Waals surface area contributed by atoms with E-state index >= 15 is 0 Å². The predicted molar refractivity (Wildman–Crippen MR) is 213 cm³/mol. The van der Waals surface area contributed by atoms with Crippen molar-refractivity contribution in [2.75, 3.05) is 40.5 Å². The molecular formula is C43H52N6O6. The van der Waals surface area contributed by atoms with Crippen LogP contribution in [0.15, 0.2) is 103 Å². The van der Waals surface area contributed by atoms with Crippen molar-refractivity contribution in [3.05, 3.63) is 115 Å². The molecule has 1 saturated heterocycles. The molecule has 1 aliphatic heterocycles. The predicted octanol–water partition coefficient (Wildman–Crippen LogP) is 7.63. The number of aliphatic imine (C=N–C) groups is 1. The number of rotatable bonds is 20. The highest BCUT2D eigenvalue weighted by Gasteiger charge is 2.42. The Balaban J connectivity index is 1.32. The summed E-state index contributed by atoms with van der Waals surface area (Å²) in [5.41, 5.74) is 2.61. The third kappa shape index (κ3) is 8.99. The summed E-state index contributed by atoms with van der Waals surface area (Å²) >= 11 is 0. The van der Waals surface area contributed by atoms with Crippen molar-refractivity contribution in [3.8, 4) is 17.5 Å². The van der Waals surface area contributed by atoms with Crippen molar-refractivity contribution in [1.29, 1.82) is 0 Å². The van der Waals surface area contributed by atoms with Gasteiger partial charge in [0.05, 0.1) is 39.6 Å². The monoisotopic (exact) mass is 748 g/mol. The Morgan fingerprint density at radius 2 is 1.53 bits per heavy atom. The number of aliphatic hydroxyl groups is 1. The number of methoxy groups -OCH3 is 2. The molecule has 3 atom stereocenters. The van der Waals surface area contributed by atoms with Crippen molar-refractivity contribution in [2.24, 2.45) is 4.99 Å². The summed E-state index contributed by atoms with van der Waals surface area (Å²) in [4.78, 5) is 21.0. The zero-order valence-corrected chi connectivity index (χ0v) is 32.2. The molecule has 0 bridgehead atoms. The molecule has 290 valence electrons. The van der Waals surface area contributed by atoms with Crippen molar-refractivity contribution in [3.63, 3.8) is 0 Å². The Kier molecular flexibility index (Phi) is 13.5. The Morgan fingerprint density at radius 3 is 2.11 bits per heavy atom. The van der Waals surface area contributed by atoms with Gasteiger partial charge in [-0.2, -0.15) is 9.97 Å². The summed E-state index contributed by atoms with van der Waals surface area (Å²) in [7, 11) is 3.29. The maximum atomic E-state index is 11.5. The number of nitrogens with zero attached hydrogens (tertiary/aromatic N) is 6. The number of hydrogen-bond acceptors (Lipinski definition) is 10. The average molecular weight is 749 g/mol. The van der Waals surface area contributed by atoms with Crippen molar-refractivity contribution < 1.29 is 28.8 Å². The van der Waals surface area contributed by atoms with Gasteiger partial charge in [0.15, 0.2) is 17.0 Å². The molecule has 0 aliphatic carbocycles. The molecule has 0 radical (unpaired) electrons. The van der Waals surface area contributed by atoms with Gasteiger partial charge in [-0.05, 0) is 53.8 Å². The minimum Gasteiger partial charge on any atom is -0.497 e. The van der Waals surface area contributed by atoms with Crippen LogP contribution in [0.2, 0.25) is 0 Å². The molecule has 55 heavy (non-hydrogen) atoms. The molecule has 2 aromatic heterocycles. The summed E-state index contributed by atoms with van der Waals surface area (Å²) in [5, 5.41) is 11.5. The molecule has 0 unspecified atom stereocenters. The maximum absolute atomic E-state index is 11.5. The Bertz CT molecular complexity index is 1930. The number of benzene rings is 3. The molecule has 0 spiro atoms. The summed E-state index contributed by atoms with van der Waals surface area (Å²) < 4.78 is 32.3. The van der Waals surface area contributed by atoms with E-state index < -0.39 is 24.0 Å². The number of hydrogen-bond donors (Lipinski definition) is 1. The zero-order chi connectivity index (χ0) is 38.6. The molecule has 0 amide bonds. The summed E-state index contributed by atoms with van der Waals surface area (Å²) in [6.45, 7) is 10.2. The molecule has 0 saturated carbocycles. The third-order valence-corrected chi connectivity index (χ3v) is 9.81. The van der Waals surface area contributed by atoms with Crippen LogP contribution in [0.4, 0.5) is 5.82 Å². The van der Waals surface area contributed by atoms with E-state index in [1.807, 2.05) is 89.8 Å². The average Bonchev–Trinajstić information content (AvgIpc) is 3.83. The lowest BCUT2D eigenvalue weighted by atomic mass is 9.80. The van der Waals surface area contributed by atoms with Crippen LogP contribution in [0.5, 0.6) is 17.5 Å². The molecule has 12 heteroatoms. The van der Waals surface area contributed by atoms with Crippen LogP contribution < -0.4 is 14.2 Å². The van der Waals surface area contributed by atoms with Gasteiger partial charge in [0.2, 0.25) is 0 Å². The lowest BCUT2D eigenvalue weighted by Gasteiger charge is -2.37. The second kappa shape index (κ2) is 18.8. The Hall–Kier alpha value is -5.30. The molecule has 12 nitrogen and oxygen atoms in total. The van der Waals surface area contributed by atoms with Gasteiger partial charge in [-0.3, -0.25) is 4.57 Å². The van der Waals surface area contributed by atoms with Gasteiger partial charge >= 0.3 is 6.01 Å². The van der Waals surface area contributed by atoms with Crippen LogP contribution in [0.1, 0.15) is 68.9 Å². The van der Waals surface area contributed by atoms with E-state index in [-0.39, 0.29) is 25.6 Å². The first-order valence-electron chi connectivity index (χ1n) is 19.0. The fourth-order valence-electron chi connectivity index (χ4n) is 6.78. The van der Waals surface area contributed by atoms with Gasteiger partial charge in [-0.25, -0.2) is 9.98 Å². The van der Waals surface area contributed by atoms with E-state index in [1.165, 1.54) is 0 Å². The first-order valence-corrected chi connectivity index (χ1v) is 19.0. The topological polar surface area (TPSA) is 126 Å². The minimum absolute atomic E-state index is 0.0703. The summed E-state index contributed by atoms with van der Waals surface area (Å²) in [6.07, 6.45) is 7.63. The standard InChI is InChI=1S/C43H52N6O6/c1-6-9-24-48(25-10-7-2)29-45-40-39-41(47-42(46-40)53-26-8-3)49(30-44-39)38-27-36(50)37(55-38)28-54-43(31-14-12-11-13-15-31,32-16-20-34(51-4)21-17-32)33-18-22-35(52-5)23-19-33/h8,11-23,29-30,36-38,50H,3,6-7,9-10,24-28H2,1-2,4-5H3/b45-29+/t36-,37+,38+/m0/s1. The van der Waals surface area contributed by atoms with Gasteiger partial charge in [-0.15, -0.1) is 0 Å². The lowest BCUT2D eigenvalue weighted by molar-refractivity contribution is -0.0931. The van der Waals surface area contributed by atoms with Crippen molar-refractivity contribution in [2.45, 2.75) is 70.0 Å². The van der Waals surface area contributed by atoms with Crippen LogP contribution in [0.25, 0.3) is 11.2 Å². The molecule has 1 N–H and O–H groups in total. The normalized spacial score (nSPS) is 17.1. The van der Waals surface area contributed by atoms with Crippen LogP contribution >= 0.6 is 0 Å². The van der Waals surface area contributed by atoms with E-state index in [1.54, 1.807) is 26.6 Å². The van der Waals surface area contributed by atoms with Crippen LogP contribution in [-0.4, -0.2) is 88.6 Å². The molecular weight excluding hydrogens is 697 g/mol. The van der Waals surface area contributed by atoms with E-state index in [0.29, 0.717) is 17.0 Å². The van der Waals surface area contributed by atoms with E-state index in [0.717, 1.165) is 67.0 Å². The highest BCUT2D eigenvalue weighted by molar-refractivity contribution is 5.83. The minimum atomic E-state index is -1.07. The molecule has 3 aromatic carbocycles. The van der Waals surface area contributed by atoms with Crippen molar-refractivity contribution >= 4 is 23.3 Å². The molecule has 6 rings (SSSR count). The first-order chi connectivity index (χ1) is 26.9. The van der Waals surface area contributed by atoms with Gasteiger partial charge in [0.1, 0.15) is 36.0 Å². The number of unbranched alkanes of at least 4 members (excludes halogenated alkanes) is 2. The lowest BCUT2D eigenvalue weighted by Crippen LogP contribution is -2.38. The van der Waals surface area contributed by atoms with Gasteiger partial charge in [0, 0.05) is 19.5 Å². The maximum Gasteiger partial charge on any atom is 0.320 e. The SMILES string of the molecule is C=CCOc1nc(/N=C/N(CCCC)CCCC)c2ncn([C@H]3C[C@H](O)[C@@H](COC(c4ccccc4)(c4ccc(OC)cc4)c4ccc(OC)cc4)O3)c2n1. The van der Waals surface area contributed by atoms with E-state index in [4.69, 9.17) is 33.7 Å². The highest BCUT2D eigenvalue weighted by atomic mass is 16.6. The Labute approximate surface area is 323 Å². The molecule has 5 aromatic rings. The van der Waals surface area contributed by atoms with Crippen LogP contribution in [0, 0.1) is 0 Å². The number of aliphatic hydroxyl groups excluding tert-OH is 1. The van der Waals surface area contributed by atoms with Crippen LogP contribution in [0.3, 0.4) is 0 Å². The summed E-state index contributed by atoms with van der Waals surface area (Å²) in [5.74, 6) is 1.85. The van der Waals surface area contributed by atoms with Gasteiger partial charge in [0.25, 0.3) is 0 Å². The highest BCUT2D eigenvalue weighted by Crippen LogP contribution is 2.43. The molecule has 1 aliphatic rings. The number of fused-ring (bicyclic) bond motifs is 1. The summed E-state index contributed by atoms with van der Waals surface area (Å²) in [6, 6.07) is 25.9. The smallest absolute Gasteiger partial charge is 0.320 e. The third-order valence-electron chi connectivity index (χ3n) is 9.81. The second-order valence-electron chi connectivity index (χ2n) is 13.5. The van der Waals surface area contributed by atoms with E-state index in [9.17, 15) is 5.11 Å². The number of imidazole rings is 1. The number of aromatic nitrogens is 4. The largest absolute Gasteiger partial charge is 0.497 e. The van der Waals surface area contributed by atoms with E-state index in [2.05, 4.69) is 35.3 Å². The quantitative estimate of drug-likeness (QED) is 0.0368. The fraction of sp³-hybridized carbons (Fsp3) is 0.395. The van der Waals surface area contributed by atoms with Crippen molar-refractivity contribution in [1.82, 2.24) is 24.4 Å². The molecule has 3 heterocycles. The van der Waals surface area contributed by atoms with Crippen LogP contribution in [-0.2, 0) is 15.1 Å². The second-order valence-corrected chi connectivity index (χ2v) is 13.5.